The molecule has 1 aromatic carbocycles. The molecule has 1 N–H and O–H groups in total. The summed E-state index contributed by atoms with van der Waals surface area (Å²) in [5.74, 6) is 0.381. The van der Waals surface area contributed by atoms with E-state index in [0.29, 0.717) is 11.5 Å². The van der Waals surface area contributed by atoms with Crippen LogP contribution in [0.4, 0.5) is 0 Å². The molecule has 2 aromatic heterocycles. The molecule has 5 heteroatoms. The Morgan fingerprint density at radius 3 is 2.50 bits per heavy atom. The lowest BCUT2D eigenvalue weighted by molar-refractivity contribution is 0.0930. The van der Waals surface area contributed by atoms with E-state index in [-0.39, 0.29) is 11.9 Å². The van der Waals surface area contributed by atoms with Crippen molar-refractivity contribution in [2.45, 2.75) is 39.7 Å². The third-order valence-corrected chi connectivity index (χ3v) is 5.06. The van der Waals surface area contributed by atoms with Gasteiger partial charge in [-0.2, -0.15) is 0 Å². The summed E-state index contributed by atoms with van der Waals surface area (Å²) in [6, 6.07) is 9.43. The molecular formula is C21H22N4O. The minimum Gasteiger partial charge on any atom is -0.343 e. The van der Waals surface area contributed by atoms with E-state index in [1.807, 2.05) is 51.1 Å². The highest BCUT2D eigenvalue weighted by Crippen LogP contribution is 2.41. The van der Waals surface area contributed by atoms with Crippen LogP contribution in [-0.2, 0) is 0 Å². The number of aryl methyl sites for hydroxylation is 3. The lowest BCUT2D eigenvalue weighted by Gasteiger charge is -2.19. The zero-order chi connectivity index (χ0) is 18.3. The molecule has 1 amide bonds. The van der Waals surface area contributed by atoms with Crippen LogP contribution in [0, 0.1) is 26.7 Å². The van der Waals surface area contributed by atoms with Crippen LogP contribution >= 0.6 is 0 Å². The van der Waals surface area contributed by atoms with Crippen molar-refractivity contribution >= 4 is 16.9 Å². The van der Waals surface area contributed by atoms with Crippen molar-refractivity contribution in [2.24, 2.45) is 5.92 Å². The highest BCUT2D eigenvalue weighted by molar-refractivity contribution is 5.97. The fourth-order valence-electron chi connectivity index (χ4n) is 3.26. The lowest BCUT2D eigenvalue weighted by Crippen LogP contribution is -2.31. The SMILES string of the molecule is Cc1cccnc1[C@@H](NC(=O)c1ccc2nc(C)c(C)nc2c1)C1CC1. The minimum atomic E-state index is -0.0890. The topological polar surface area (TPSA) is 67.8 Å². The van der Waals surface area contributed by atoms with Crippen molar-refractivity contribution < 1.29 is 4.79 Å². The van der Waals surface area contributed by atoms with Gasteiger partial charge in [0.05, 0.1) is 34.2 Å². The standard InChI is InChI=1S/C21H22N4O/c1-12-5-4-10-22-19(12)20(15-6-7-15)25-21(26)16-8-9-17-18(11-16)24-14(3)13(2)23-17/h4-5,8-11,15,20H,6-7H2,1-3H3,(H,25,26)/t20-/m0/s1. The Bertz CT molecular complexity index is 994. The van der Waals surface area contributed by atoms with Gasteiger partial charge in [0.1, 0.15) is 0 Å². The zero-order valence-corrected chi connectivity index (χ0v) is 15.3. The van der Waals surface area contributed by atoms with Crippen molar-refractivity contribution in [2.75, 3.05) is 0 Å². The molecule has 0 radical (unpaired) electrons. The summed E-state index contributed by atoms with van der Waals surface area (Å²) in [5.41, 5.74) is 6.04. The average Bonchev–Trinajstić information content (AvgIpc) is 3.46. The molecule has 1 aliphatic rings. The van der Waals surface area contributed by atoms with Crippen molar-refractivity contribution in [3.63, 3.8) is 0 Å². The molecule has 132 valence electrons. The Morgan fingerprint density at radius 2 is 1.81 bits per heavy atom. The first-order chi connectivity index (χ1) is 12.5. The summed E-state index contributed by atoms with van der Waals surface area (Å²) in [6.07, 6.45) is 4.05. The lowest BCUT2D eigenvalue weighted by atomic mass is 10.0. The fourth-order valence-corrected chi connectivity index (χ4v) is 3.26. The van der Waals surface area contributed by atoms with E-state index in [4.69, 9.17) is 0 Å². The van der Waals surface area contributed by atoms with Crippen LogP contribution in [0.1, 0.15) is 51.9 Å². The Hall–Kier alpha value is -2.82. The molecule has 4 rings (SSSR count). The van der Waals surface area contributed by atoms with Gasteiger partial charge in [0.25, 0.3) is 5.91 Å². The summed E-state index contributed by atoms with van der Waals surface area (Å²) in [4.78, 5) is 26.5. The number of nitrogens with one attached hydrogen (secondary N) is 1. The first-order valence-electron chi connectivity index (χ1n) is 9.00. The Kier molecular flexibility index (Phi) is 4.15. The second-order valence-corrected chi connectivity index (χ2v) is 7.09. The monoisotopic (exact) mass is 346 g/mol. The summed E-state index contributed by atoms with van der Waals surface area (Å²) in [7, 11) is 0. The normalized spacial score (nSPS) is 15.0. The number of hydrogen-bond donors (Lipinski definition) is 1. The molecule has 1 saturated carbocycles. The molecule has 0 saturated heterocycles. The molecule has 1 atom stereocenters. The quantitative estimate of drug-likeness (QED) is 0.779. The highest BCUT2D eigenvalue weighted by Gasteiger charge is 2.35. The van der Waals surface area contributed by atoms with E-state index in [1.54, 1.807) is 6.20 Å². The number of nitrogens with zero attached hydrogens (tertiary/aromatic N) is 3. The molecule has 26 heavy (non-hydrogen) atoms. The third-order valence-electron chi connectivity index (χ3n) is 5.06. The van der Waals surface area contributed by atoms with Crippen LogP contribution in [0.3, 0.4) is 0 Å². The molecule has 1 fully saturated rings. The van der Waals surface area contributed by atoms with Gasteiger partial charge in [-0.1, -0.05) is 6.07 Å². The average molecular weight is 346 g/mol. The summed E-state index contributed by atoms with van der Waals surface area (Å²) >= 11 is 0. The van der Waals surface area contributed by atoms with Gasteiger partial charge in [-0.05, 0) is 69.4 Å². The van der Waals surface area contributed by atoms with Crippen LogP contribution in [0.25, 0.3) is 11.0 Å². The van der Waals surface area contributed by atoms with E-state index >= 15 is 0 Å². The van der Waals surface area contributed by atoms with Gasteiger partial charge in [-0.3, -0.25) is 9.78 Å². The molecular weight excluding hydrogens is 324 g/mol. The summed E-state index contributed by atoms with van der Waals surface area (Å²) in [5, 5.41) is 3.19. The van der Waals surface area contributed by atoms with Gasteiger partial charge in [0, 0.05) is 11.8 Å². The van der Waals surface area contributed by atoms with Crippen molar-refractivity contribution in [3.8, 4) is 0 Å². The maximum Gasteiger partial charge on any atom is 0.251 e. The molecule has 0 aliphatic heterocycles. The second-order valence-electron chi connectivity index (χ2n) is 7.09. The number of amides is 1. The number of carbonyl (C=O) groups is 1. The van der Waals surface area contributed by atoms with Crippen LogP contribution in [0.2, 0.25) is 0 Å². The van der Waals surface area contributed by atoms with Gasteiger partial charge < -0.3 is 5.32 Å². The third kappa shape index (κ3) is 3.17. The number of aromatic nitrogens is 3. The van der Waals surface area contributed by atoms with Crippen molar-refractivity contribution in [1.29, 1.82) is 0 Å². The molecule has 1 aliphatic carbocycles. The second kappa shape index (κ2) is 6.48. The molecule has 5 nitrogen and oxygen atoms in total. The number of fused-ring (bicyclic) bond motifs is 1. The first-order valence-corrected chi connectivity index (χ1v) is 9.00. The number of pyridine rings is 1. The zero-order valence-electron chi connectivity index (χ0n) is 15.3. The largest absolute Gasteiger partial charge is 0.343 e. The van der Waals surface area contributed by atoms with Crippen LogP contribution in [-0.4, -0.2) is 20.9 Å². The molecule has 0 spiro atoms. The van der Waals surface area contributed by atoms with Crippen molar-refractivity contribution in [1.82, 2.24) is 20.3 Å². The maximum absolute atomic E-state index is 12.9. The summed E-state index contributed by atoms with van der Waals surface area (Å²) < 4.78 is 0. The number of benzene rings is 1. The number of carbonyl (C=O) groups excluding carboxylic acids is 1. The van der Waals surface area contributed by atoms with E-state index in [1.165, 1.54) is 0 Å². The smallest absolute Gasteiger partial charge is 0.251 e. The van der Waals surface area contributed by atoms with Gasteiger partial charge in [0.2, 0.25) is 0 Å². The van der Waals surface area contributed by atoms with Gasteiger partial charge in [-0.25, -0.2) is 9.97 Å². The Balaban J connectivity index is 1.63. The fraction of sp³-hybridized carbons (Fsp3) is 0.333. The maximum atomic E-state index is 12.9. The van der Waals surface area contributed by atoms with Crippen LogP contribution in [0.15, 0.2) is 36.5 Å². The van der Waals surface area contributed by atoms with Gasteiger partial charge in [0.15, 0.2) is 0 Å². The molecule has 2 heterocycles. The van der Waals surface area contributed by atoms with Gasteiger partial charge >= 0.3 is 0 Å². The number of rotatable bonds is 4. The van der Waals surface area contributed by atoms with E-state index in [0.717, 1.165) is 46.5 Å². The van der Waals surface area contributed by atoms with E-state index < -0.39 is 0 Å². The number of hydrogen-bond acceptors (Lipinski definition) is 4. The van der Waals surface area contributed by atoms with E-state index in [9.17, 15) is 4.79 Å². The molecule has 0 unspecified atom stereocenters. The molecule has 3 aromatic rings. The van der Waals surface area contributed by atoms with Crippen LogP contribution < -0.4 is 5.32 Å². The van der Waals surface area contributed by atoms with E-state index in [2.05, 4.69) is 20.3 Å². The van der Waals surface area contributed by atoms with Crippen LogP contribution in [0.5, 0.6) is 0 Å². The minimum absolute atomic E-state index is 0.0368. The predicted octanol–water partition coefficient (Wildman–Crippen LogP) is 3.83. The first kappa shape index (κ1) is 16.6. The predicted molar refractivity (Wildman–Crippen MR) is 101 cm³/mol. The molecule has 0 bridgehead atoms. The van der Waals surface area contributed by atoms with Gasteiger partial charge in [-0.15, -0.1) is 0 Å². The van der Waals surface area contributed by atoms with Crippen molar-refractivity contribution in [3.05, 3.63) is 64.7 Å². The Labute approximate surface area is 152 Å². The summed E-state index contributed by atoms with van der Waals surface area (Å²) in [6.45, 7) is 5.92. The highest BCUT2D eigenvalue weighted by atomic mass is 16.1. The Morgan fingerprint density at radius 1 is 1.08 bits per heavy atom.